The van der Waals surface area contributed by atoms with E-state index in [4.69, 9.17) is 33.4 Å². The normalized spacial score (nSPS) is 20.4. The highest BCUT2D eigenvalue weighted by Crippen LogP contribution is 2.34. The quantitative estimate of drug-likeness (QED) is 0.0640. The van der Waals surface area contributed by atoms with Crippen LogP contribution in [0, 0.1) is 47.1 Å². The van der Waals surface area contributed by atoms with Crippen molar-refractivity contribution in [2.24, 2.45) is 35.5 Å². The number of rotatable bonds is 18. The largest absolute Gasteiger partial charge is 0.465 e. The zero-order valence-corrected chi connectivity index (χ0v) is 41.5. The number of likely N-dealkylation sites (N-methyl/N-ethyl adjacent to an activating group) is 2. The van der Waals surface area contributed by atoms with Crippen LogP contribution in [0.5, 0.6) is 0 Å². The SMILES string of the molecule is CC(C)[C@H]1CN(C)CCN1c1nc(Cl)nc(NNC(=O)[C@@H](CNC(=O)O)CC2CCCC2)c1F.CC(C)[C@H]1CN(C)CCN1c1nc(Cl)nc(NNC(=O)[C@@H](CNC(=O)O)CC2CCCC2)c1F. The van der Waals surface area contributed by atoms with Gasteiger partial charge in [-0.1, -0.05) is 79.1 Å². The van der Waals surface area contributed by atoms with Gasteiger partial charge in [-0.2, -0.15) is 28.7 Å². The Morgan fingerprint density at radius 3 is 1.29 bits per heavy atom. The number of hydrogen-bond acceptors (Lipinski definition) is 14. The van der Waals surface area contributed by atoms with Gasteiger partial charge in [0.1, 0.15) is 0 Å². The van der Waals surface area contributed by atoms with Gasteiger partial charge in [-0.15, -0.1) is 0 Å². The molecule has 4 atom stereocenters. The Balaban J connectivity index is 0.000000254. The number of nitrogens with zero attached hydrogens (tertiary/aromatic N) is 8. The molecular formula is C44H70Cl2F2N14O6. The number of carboxylic acid groups (broad SMARTS) is 2. The number of anilines is 4. The van der Waals surface area contributed by atoms with Crippen molar-refractivity contribution in [2.75, 3.05) is 87.1 Å². The molecule has 8 N–H and O–H groups in total. The van der Waals surface area contributed by atoms with Crippen molar-refractivity contribution in [3.63, 3.8) is 0 Å². The molecule has 0 aromatic carbocycles. The van der Waals surface area contributed by atoms with Gasteiger partial charge in [-0.05, 0) is 73.8 Å². The average molecular weight is 1000 g/mol. The molecule has 20 nitrogen and oxygen atoms in total. The molecule has 2 aromatic rings. The van der Waals surface area contributed by atoms with Gasteiger partial charge < -0.3 is 40.4 Å². The van der Waals surface area contributed by atoms with Gasteiger partial charge >= 0.3 is 12.2 Å². The fourth-order valence-electron chi connectivity index (χ4n) is 9.67. The minimum atomic E-state index is -1.19. The van der Waals surface area contributed by atoms with Crippen LogP contribution >= 0.6 is 23.2 Å². The summed E-state index contributed by atoms with van der Waals surface area (Å²) >= 11 is 12.2. The molecule has 0 unspecified atom stereocenters. The number of nitrogens with one attached hydrogen (secondary N) is 6. The van der Waals surface area contributed by atoms with Gasteiger partial charge in [-0.25, -0.2) is 9.59 Å². The predicted octanol–water partition coefficient (Wildman–Crippen LogP) is 5.91. The Morgan fingerprint density at radius 1 is 0.618 bits per heavy atom. The minimum Gasteiger partial charge on any atom is -0.465 e. The Hall–Kier alpha value is -4.80. The van der Waals surface area contributed by atoms with Crippen molar-refractivity contribution in [1.82, 2.24) is 51.2 Å². The molecule has 2 aromatic heterocycles. The van der Waals surface area contributed by atoms with Gasteiger partial charge in [0.25, 0.3) is 0 Å². The number of hydrogen-bond donors (Lipinski definition) is 8. The summed E-state index contributed by atoms with van der Waals surface area (Å²) in [6, 6.07) is 0.0825. The van der Waals surface area contributed by atoms with E-state index >= 15 is 8.78 Å². The number of amides is 4. The summed E-state index contributed by atoms with van der Waals surface area (Å²) in [5.74, 6) is -2.46. The van der Waals surface area contributed by atoms with Gasteiger partial charge in [0.05, 0.1) is 11.8 Å². The maximum Gasteiger partial charge on any atom is 0.404 e. The molecule has 24 heteroatoms. The molecule has 2 aliphatic heterocycles. The smallest absolute Gasteiger partial charge is 0.404 e. The van der Waals surface area contributed by atoms with Crippen LogP contribution in [-0.2, 0) is 9.59 Å². The molecule has 4 fully saturated rings. The molecule has 2 aliphatic carbocycles. The summed E-state index contributed by atoms with van der Waals surface area (Å²) in [4.78, 5) is 72.0. The molecule has 2 saturated carbocycles. The molecule has 0 radical (unpaired) electrons. The Bertz CT molecular complexity index is 1880. The van der Waals surface area contributed by atoms with Gasteiger partial charge in [0, 0.05) is 64.4 Å². The highest BCUT2D eigenvalue weighted by Gasteiger charge is 2.35. The third kappa shape index (κ3) is 15.6. The van der Waals surface area contributed by atoms with E-state index in [1.165, 1.54) is 0 Å². The van der Waals surface area contributed by atoms with Crippen LogP contribution in [0.15, 0.2) is 0 Å². The molecule has 68 heavy (non-hydrogen) atoms. The molecule has 0 bridgehead atoms. The fourth-order valence-corrected chi connectivity index (χ4v) is 10.00. The van der Waals surface area contributed by atoms with Gasteiger partial charge in [0.15, 0.2) is 23.3 Å². The lowest BCUT2D eigenvalue weighted by Gasteiger charge is -2.43. The molecule has 0 spiro atoms. The zero-order valence-electron chi connectivity index (χ0n) is 40.0. The zero-order chi connectivity index (χ0) is 49.7. The van der Waals surface area contributed by atoms with Gasteiger partial charge in [-0.3, -0.25) is 31.3 Å². The van der Waals surface area contributed by atoms with E-state index in [2.05, 4.69) is 89.8 Å². The molecular weight excluding hydrogens is 929 g/mol. The van der Waals surface area contributed by atoms with Crippen LogP contribution < -0.4 is 42.1 Å². The number of aromatic nitrogens is 4. The van der Waals surface area contributed by atoms with Crippen molar-refractivity contribution in [2.45, 2.75) is 104 Å². The van der Waals surface area contributed by atoms with Crippen LogP contribution in [0.2, 0.25) is 10.6 Å². The second kappa shape index (κ2) is 25.7. The van der Waals surface area contributed by atoms with Crippen LogP contribution in [0.3, 0.4) is 0 Å². The molecule has 4 amide bonds. The maximum absolute atomic E-state index is 15.5. The fraction of sp³-hybridized carbons (Fsp3) is 0.727. The summed E-state index contributed by atoms with van der Waals surface area (Å²) in [6.07, 6.45) is 7.26. The minimum absolute atomic E-state index is 0.0189. The Labute approximate surface area is 407 Å². The van der Waals surface area contributed by atoms with Crippen molar-refractivity contribution >= 4 is 70.5 Å². The molecule has 380 valence electrons. The second-order valence-corrected chi connectivity index (χ2v) is 19.9. The van der Waals surface area contributed by atoms with Crippen LogP contribution in [0.1, 0.15) is 91.9 Å². The topological polar surface area (TPSA) is 245 Å². The third-order valence-corrected chi connectivity index (χ3v) is 13.8. The van der Waals surface area contributed by atoms with Crippen molar-refractivity contribution in [3.05, 3.63) is 22.2 Å². The van der Waals surface area contributed by atoms with Crippen molar-refractivity contribution in [1.29, 1.82) is 0 Å². The number of halogens is 4. The predicted molar refractivity (Wildman–Crippen MR) is 257 cm³/mol. The summed E-state index contributed by atoms with van der Waals surface area (Å²) in [5.41, 5.74) is 10.1. The van der Waals surface area contributed by atoms with Crippen LogP contribution in [-0.4, -0.2) is 142 Å². The Kier molecular flexibility index (Phi) is 20.5. The van der Waals surface area contributed by atoms with E-state index in [0.717, 1.165) is 77.5 Å². The molecule has 6 rings (SSSR count). The number of piperazine rings is 2. The summed E-state index contributed by atoms with van der Waals surface area (Å²) in [7, 11) is 4.06. The van der Waals surface area contributed by atoms with E-state index in [9.17, 15) is 19.2 Å². The third-order valence-electron chi connectivity index (χ3n) is 13.5. The summed E-state index contributed by atoms with van der Waals surface area (Å²) in [5, 5.41) is 22.2. The van der Waals surface area contributed by atoms with Gasteiger partial charge in [0.2, 0.25) is 34.0 Å². The molecule has 4 heterocycles. The maximum atomic E-state index is 15.5. The lowest BCUT2D eigenvalue weighted by Crippen LogP contribution is -2.54. The first-order valence-electron chi connectivity index (χ1n) is 23.7. The number of carbonyl (C=O) groups is 4. The van der Waals surface area contributed by atoms with Crippen molar-refractivity contribution < 1.29 is 38.2 Å². The highest BCUT2D eigenvalue weighted by molar-refractivity contribution is 6.28. The van der Waals surface area contributed by atoms with Crippen molar-refractivity contribution in [3.8, 4) is 0 Å². The lowest BCUT2D eigenvalue weighted by molar-refractivity contribution is -0.125. The molecule has 4 aliphatic rings. The molecule has 2 saturated heterocycles. The first-order chi connectivity index (χ1) is 32.3. The first-order valence-corrected chi connectivity index (χ1v) is 24.5. The number of carbonyl (C=O) groups excluding carboxylic acids is 2. The van der Waals surface area contributed by atoms with E-state index in [1.807, 2.05) is 23.9 Å². The second-order valence-electron chi connectivity index (χ2n) is 19.3. The number of hydrazine groups is 2. The lowest BCUT2D eigenvalue weighted by atomic mass is 9.92. The van der Waals surface area contributed by atoms with Crippen LogP contribution in [0.4, 0.5) is 41.6 Å². The highest BCUT2D eigenvalue weighted by atomic mass is 35.5. The summed E-state index contributed by atoms with van der Waals surface area (Å²) in [6.45, 7) is 12.5. The van der Waals surface area contributed by atoms with E-state index in [0.29, 0.717) is 37.8 Å². The van der Waals surface area contributed by atoms with E-state index in [-0.39, 0.29) is 70.8 Å². The van der Waals surface area contributed by atoms with Crippen LogP contribution in [0.25, 0.3) is 0 Å². The summed E-state index contributed by atoms with van der Waals surface area (Å²) < 4.78 is 30.9. The standard InChI is InChI=1S/2C22H35ClFN7O3/c2*1-13(2)16-12-30(3)8-9-31(16)19-17(24)18(26-21(23)27-19)28-29-20(32)15(11-25-22(33)34)10-14-6-4-5-7-14/h2*13-16,25H,4-12H2,1-3H3,(H,29,32)(H,33,34)(H,26,27,28)/t2*15-,16-/m11/s1. The first kappa shape index (κ1) is 54.1. The van der Waals surface area contributed by atoms with E-state index in [1.54, 1.807) is 0 Å². The van der Waals surface area contributed by atoms with E-state index < -0.39 is 47.5 Å². The monoisotopic (exact) mass is 998 g/mol. The average Bonchev–Trinajstić information content (AvgIpc) is 4.02. The Morgan fingerprint density at radius 2 is 0.971 bits per heavy atom.